The SMILES string of the molecule is C=C(C)/C(F)=C(/F)C(=C)C1/C=C\C(C)C(C)/C(F)=C\[C@H]1C(C)CCC(C)C. The first-order valence-electron chi connectivity index (χ1n) is 9.93. The Labute approximate surface area is 163 Å². The average molecular weight is 381 g/mol. The Hall–Kier alpha value is -1.51. The molecule has 0 aliphatic heterocycles. The predicted molar refractivity (Wildman–Crippen MR) is 110 cm³/mol. The Kier molecular flexibility index (Phi) is 8.84. The Morgan fingerprint density at radius 1 is 1.04 bits per heavy atom. The first-order chi connectivity index (χ1) is 12.5. The van der Waals surface area contributed by atoms with E-state index in [4.69, 9.17) is 0 Å². The maximum atomic E-state index is 14.8. The zero-order valence-corrected chi connectivity index (χ0v) is 17.7. The topological polar surface area (TPSA) is 0 Å². The quantitative estimate of drug-likeness (QED) is 0.308. The molecule has 152 valence electrons. The van der Waals surface area contributed by atoms with Gasteiger partial charge >= 0.3 is 0 Å². The monoisotopic (exact) mass is 380 g/mol. The molecule has 3 heteroatoms. The van der Waals surface area contributed by atoms with E-state index in [1.165, 1.54) is 6.92 Å². The maximum Gasteiger partial charge on any atom is 0.162 e. The maximum absolute atomic E-state index is 14.8. The van der Waals surface area contributed by atoms with Crippen LogP contribution in [-0.4, -0.2) is 0 Å². The standard InChI is InChI=1S/C24H35F3/c1-14(2)9-10-17(6)21-13-22(25)18(7)16(5)11-12-20(21)19(8)24(27)23(26)15(3)4/h11-14,16-18,20-21H,3,8-10H2,1-2,4-7H3/b12-11-,22-13+,24-23-/t16?,17?,18?,20?,21-/m0/s1. The first-order valence-corrected chi connectivity index (χ1v) is 9.93. The van der Waals surface area contributed by atoms with Crippen LogP contribution in [0.1, 0.15) is 54.4 Å². The first kappa shape index (κ1) is 23.5. The van der Waals surface area contributed by atoms with Gasteiger partial charge in [-0.3, -0.25) is 0 Å². The van der Waals surface area contributed by atoms with Crippen LogP contribution < -0.4 is 0 Å². The predicted octanol–water partition coefficient (Wildman–Crippen LogP) is 8.27. The van der Waals surface area contributed by atoms with Crippen LogP contribution >= 0.6 is 0 Å². The summed E-state index contributed by atoms with van der Waals surface area (Å²) < 4.78 is 43.6. The molecule has 0 aromatic heterocycles. The molecule has 0 saturated heterocycles. The number of allylic oxidation sites excluding steroid dienone is 8. The van der Waals surface area contributed by atoms with Gasteiger partial charge in [-0.15, -0.1) is 0 Å². The molecule has 5 atom stereocenters. The van der Waals surface area contributed by atoms with Crippen LogP contribution in [0.15, 0.2) is 60.0 Å². The van der Waals surface area contributed by atoms with Gasteiger partial charge in [-0.2, -0.15) is 0 Å². The molecule has 4 unspecified atom stereocenters. The molecule has 0 bridgehead atoms. The fraction of sp³-hybridized carbons (Fsp3) is 0.583. The van der Waals surface area contributed by atoms with Gasteiger partial charge in [0.15, 0.2) is 11.7 Å². The van der Waals surface area contributed by atoms with Gasteiger partial charge in [0.25, 0.3) is 0 Å². The molecule has 0 aromatic rings. The highest BCUT2D eigenvalue weighted by atomic mass is 19.2. The van der Waals surface area contributed by atoms with E-state index < -0.39 is 17.6 Å². The fourth-order valence-electron chi connectivity index (χ4n) is 3.41. The molecule has 0 aromatic carbocycles. The summed E-state index contributed by atoms with van der Waals surface area (Å²) in [5, 5.41) is 0. The second-order valence-electron chi connectivity index (χ2n) is 8.57. The molecule has 0 amide bonds. The normalized spacial score (nSPS) is 31.3. The summed E-state index contributed by atoms with van der Waals surface area (Å²) in [5.41, 5.74) is 0.0792. The Balaban J connectivity index is 3.35. The summed E-state index contributed by atoms with van der Waals surface area (Å²) in [6.07, 6.45) is 7.30. The van der Waals surface area contributed by atoms with Crippen molar-refractivity contribution in [1.82, 2.24) is 0 Å². The van der Waals surface area contributed by atoms with Gasteiger partial charge in [0, 0.05) is 11.8 Å². The van der Waals surface area contributed by atoms with Crippen LogP contribution in [0.3, 0.4) is 0 Å². The van der Waals surface area contributed by atoms with Crippen molar-refractivity contribution in [3.63, 3.8) is 0 Å². The zero-order valence-electron chi connectivity index (χ0n) is 17.7. The van der Waals surface area contributed by atoms with Gasteiger partial charge < -0.3 is 0 Å². The van der Waals surface area contributed by atoms with E-state index in [9.17, 15) is 13.2 Å². The largest absolute Gasteiger partial charge is 0.212 e. The Morgan fingerprint density at radius 2 is 1.63 bits per heavy atom. The molecule has 0 radical (unpaired) electrons. The highest BCUT2D eigenvalue weighted by Crippen LogP contribution is 2.41. The minimum absolute atomic E-state index is 0.0246. The van der Waals surface area contributed by atoms with Crippen LogP contribution in [0.4, 0.5) is 13.2 Å². The molecule has 1 rings (SSSR count). The lowest BCUT2D eigenvalue weighted by atomic mass is 9.73. The van der Waals surface area contributed by atoms with Gasteiger partial charge in [0.05, 0.1) is 5.83 Å². The van der Waals surface area contributed by atoms with E-state index in [1.807, 2.05) is 26.0 Å². The third-order valence-corrected chi connectivity index (χ3v) is 5.72. The van der Waals surface area contributed by atoms with Crippen molar-refractivity contribution < 1.29 is 13.2 Å². The summed E-state index contributed by atoms with van der Waals surface area (Å²) in [5.74, 6) is -2.51. The van der Waals surface area contributed by atoms with Gasteiger partial charge in [-0.1, -0.05) is 66.3 Å². The second kappa shape index (κ2) is 10.1. The molecular weight excluding hydrogens is 345 g/mol. The summed E-state index contributed by atoms with van der Waals surface area (Å²) in [4.78, 5) is 0. The van der Waals surface area contributed by atoms with Crippen LogP contribution in [-0.2, 0) is 0 Å². The second-order valence-corrected chi connectivity index (χ2v) is 8.57. The number of hydrogen-bond acceptors (Lipinski definition) is 0. The molecular formula is C24H35F3. The summed E-state index contributed by atoms with van der Waals surface area (Å²) in [6.45, 7) is 18.8. The zero-order chi connectivity index (χ0) is 20.9. The summed E-state index contributed by atoms with van der Waals surface area (Å²) >= 11 is 0. The minimum Gasteiger partial charge on any atom is -0.212 e. The van der Waals surface area contributed by atoms with Crippen molar-refractivity contribution in [2.75, 3.05) is 0 Å². The lowest BCUT2D eigenvalue weighted by Gasteiger charge is -2.32. The van der Waals surface area contributed by atoms with Crippen molar-refractivity contribution >= 4 is 0 Å². The van der Waals surface area contributed by atoms with Gasteiger partial charge in [0.2, 0.25) is 0 Å². The highest BCUT2D eigenvalue weighted by Gasteiger charge is 2.32. The van der Waals surface area contributed by atoms with Gasteiger partial charge in [-0.05, 0) is 54.2 Å². The van der Waals surface area contributed by atoms with Crippen LogP contribution in [0.25, 0.3) is 0 Å². The van der Waals surface area contributed by atoms with Crippen LogP contribution in [0.2, 0.25) is 0 Å². The highest BCUT2D eigenvalue weighted by molar-refractivity contribution is 5.38. The summed E-state index contributed by atoms with van der Waals surface area (Å²) in [7, 11) is 0. The van der Waals surface area contributed by atoms with Gasteiger partial charge in [-0.25, -0.2) is 13.2 Å². The third-order valence-electron chi connectivity index (χ3n) is 5.72. The molecule has 0 spiro atoms. The van der Waals surface area contributed by atoms with Crippen molar-refractivity contribution in [2.45, 2.75) is 54.4 Å². The summed E-state index contributed by atoms with van der Waals surface area (Å²) in [6, 6.07) is 0. The van der Waals surface area contributed by atoms with E-state index in [2.05, 4.69) is 33.9 Å². The molecule has 27 heavy (non-hydrogen) atoms. The van der Waals surface area contributed by atoms with Crippen molar-refractivity contribution in [3.05, 3.63) is 60.0 Å². The van der Waals surface area contributed by atoms with Crippen molar-refractivity contribution in [2.24, 2.45) is 35.5 Å². The molecule has 0 N–H and O–H groups in total. The molecule has 0 saturated carbocycles. The molecule has 1 aliphatic carbocycles. The average Bonchev–Trinajstić information content (AvgIpc) is 2.61. The van der Waals surface area contributed by atoms with E-state index in [1.54, 1.807) is 6.08 Å². The molecule has 1 aliphatic rings. The third kappa shape index (κ3) is 6.26. The number of rotatable bonds is 7. The Bertz CT molecular complexity index is 636. The van der Waals surface area contributed by atoms with E-state index in [0.717, 1.165) is 12.8 Å². The minimum atomic E-state index is -0.978. The van der Waals surface area contributed by atoms with E-state index >= 15 is 0 Å². The van der Waals surface area contributed by atoms with Crippen molar-refractivity contribution in [1.29, 1.82) is 0 Å². The van der Waals surface area contributed by atoms with E-state index in [0.29, 0.717) is 5.92 Å². The molecule has 0 fully saturated rings. The Morgan fingerprint density at radius 3 is 2.15 bits per heavy atom. The smallest absolute Gasteiger partial charge is 0.162 e. The number of halogens is 3. The van der Waals surface area contributed by atoms with Gasteiger partial charge in [0.1, 0.15) is 0 Å². The van der Waals surface area contributed by atoms with E-state index in [-0.39, 0.29) is 40.6 Å². The van der Waals surface area contributed by atoms with Crippen LogP contribution in [0, 0.1) is 35.5 Å². The number of hydrogen-bond donors (Lipinski definition) is 0. The molecule has 0 heterocycles. The molecule has 0 nitrogen and oxygen atoms in total. The fourth-order valence-corrected chi connectivity index (χ4v) is 3.41. The lowest BCUT2D eigenvalue weighted by Crippen LogP contribution is -2.24. The lowest BCUT2D eigenvalue weighted by molar-refractivity contribution is 0.305. The van der Waals surface area contributed by atoms with Crippen LogP contribution in [0.5, 0.6) is 0 Å². The van der Waals surface area contributed by atoms with Crippen molar-refractivity contribution in [3.8, 4) is 0 Å².